The van der Waals surface area contributed by atoms with Gasteiger partial charge in [-0.25, -0.2) is 4.98 Å². The van der Waals surface area contributed by atoms with Crippen molar-refractivity contribution in [3.63, 3.8) is 0 Å². The largest absolute Gasteiger partial charge is 0.334 e. The summed E-state index contributed by atoms with van der Waals surface area (Å²) in [6, 6.07) is 24.2. The zero-order valence-corrected chi connectivity index (χ0v) is 16.4. The zero-order valence-electron chi connectivity index (χ0n) is 16.4. The lowest BCUT2D eigenvalue weighted by Crippen LogP contribution is -2.28. The van der Waals surface area contributed by atoms with Crippen LogP contribution in [0.3, 0.4) is 0 Å². The van der Waals surface area contributed by atoms with Crippen molar-refractivity contribution in [2.45, 2.75) is 20.4 Å². The molecule has 0 spiro atoms. The SMILES string of the molecule is Cc1ccc(C)c(C(=O)N(C)Cc2nc3ccccc3n2-c2ccccc2)c1. The molecule has 4 nitrogen and oxygen atoms in total. The van der Waals surface area contributed by atoms with E-state index in [9.17, 15) is 4.79 Å². The molecule has 28 heavy (non-hydrogen) atoms. The standard InChI is InChI=1S/C24H23N3O/c1-17-13-14-18(2)20(15-17)24(28)26(3)16-23-25-21-11-7-8-12-22(21)27(23)19-9-5-4-6-10-19/h4-15H,16H2,1-3H3. The van der Waals surface area contributed by atoms with Crippen molar-refractivity contribution in [2.24, 2.45) is 0 Å². The lowest BCUT2D eigenvalue weighted by molar-refractivity contribution is 0.0780. The molecule has 1 heterocycles. The van der Waals surface area contributed by atoms with Crippen molar-refractivity contribution in [1.82, 2.24) is 14.5 Å². The number of imidazole rings is 1. The molecular weight excluding hydrogens is 346 g/mol. The molecule has 0 unspecified atom stereocenters. The molecular formula is C24H23N3O. The van der Waals surface area contributed by atoms with Crippen LogP contribution < -0.4 is 0 Å². The number of hydrogen-bond donors (Lipinski definition) is 0. The van der Waals surface area contributed by atoms with Gasteiger partial charge in [0.05, 0.1) is 17.6 Å². The summed E-state index contributed by atoms with van der Waals surface area (Å²) in [6.07, 6.45) is 0. The first kappa shape index (κ1) is 18.0. The van der Waals surface area contributed by atoms with Crippen LogP contribution in [0.4, 0.5) is 0 Å². The lowest BCUT2D eigenvalue weighted by atomic mass is 10.0. The second-order valence-electron chi connectivity index (χ2n) is 7.17. The number of carbonyl (C=O) groups excluding carboxylic acids is 1. The van der Waals surface area contributed by atoms with Gasteiger partial charge in [-0.2, -0.15) is 0 Å². The molecule has 0 N–H and O–H groups in total. The van der Waals surface area contributed by atoms with E-state index in [-0.39, 0.29) is 5.91 Å². The van der Waals surface area contributed by atoms with Gasteiger partial charge < -0.3 is 4.90 Å². The summed E-state index contributed by atoms with van der Waals surface area (Å²) in [7, 11) is 1.83. The fraction of sp³-hybridized carbons (Fsp3) is 0.167. The number of fused-ring (bicyclic) bond motifs is 1. The van der Waals surface area contributed by atoms with E-state index in [2.05, 4.69) is 22.8 Å². The fourth-order valence-corrected chi connectivity index (χ4v) is 3.50. The Labute approximate surface area is 165 Å². The van der Waals surface area contributed by atoms with Crippen molar-refractivity contribution in [3.05, 3.63) is 95.3 Å². The minimum absolute atomic E-state index is 0.00729. The van der Waals surface area contributed by atoms with Gasteiger partial charge in [-0.1, -0.05) is 48.0 Å². The number of nitrogens with zero attached hydrogens (tertiary/aromatic N) is 3. The predicted octanol–water partition coefficient (Wildman–Crippen LogP) is 4.91. The van der Waals surface area contributed by atoms with E-state index >= 15 is 0 Å². The van der Waals surface area contributed by atoms with Crippen LogP contribution in [0.2, 0.25) is 0 Å². The monoisotopic (exact) mass is 369 g/mol. The topological polar surface area (TPSA) is 38.1 Å². The number of para-hydroxylation sites is 3. The van der Waals surface area contributed by atoms with E-state index in [0.717, 1.165) is 39.2 Å². The Morgan fingerprint density at radius 1 is 0.964 bits per heavy atom. The normalized spacial score (nSPS) is 11.0. The average Bonchev–Trinajstić information content (AvgIpc) is 3.07. The Bertz CT molecular complexity index is 1150. The van der Waals surface area contributed by atoms with Crippen molar-refractivity contribution < 1.29 is 4.79 Å². The maximum absolute atomic E-state index is 13.1. The Morgan fingerprint density at radius 2 is 1.68 bits per heavy atom. The summed E-state index contributed by atoms with van der Waals surface area (Å²) < 4.78 is 2.13. The fourth-order valence-electron chi connectivity index (χ4n) is 3.50. The molecule has 0 aliphatic heterocycles. The third kappa shape index (κ3) is 3.29. The maximum Gasteiger partial charge on any atom is 0.254 e. The van der Waals surface area contributed by atoms with Crippen molar-refractivity contribution >= 4 is 16.9 Å². The van der Waals surface area contributed by atoms with Gasteiger partial charge in [-0.15, -0.1) is 0 Å². The Morgan fingerprint density at radius 3 is 2.46 bits per heavy atom. The highest BCUT2D eigenvalue weighted by molar-refractivity contribution is 5.95. The Balaban J connectivity index is 1.73. The van der Waals surface area contributed by atoms with Gasteiger partial charge in [-0.3, -0.25) is 9.36 Å². The molecule has 0 saturated carbocycles. The molecule has 4 aromatic rings. The van der Waals surface area contributed by atoms with E-state index in [4.69, 9.17) is 4.98 Å². The molecule has 1 aromatic heterocycles. The van der Waals surface area contributed by atoms with Gasteiger partial charge >= 0.3 is 0 Å². The second kappa shape index (κ2) is 7.31. The van der Waals surface area contributed by atoms with Gasteiger partial charge in [0, 0.05) is 18.3 Å². The highest BCUT2D eigenvalue weighted by Crippen LogP contribution is 2.23. The molecule has 0 atom stereocenters. The van der Waals surface area contributed by atoms with Gasteiger partial charge in [-0.05, 0) is 49.7 Å². The van der Waals surface area contributed by atoms with E-state index < -0.39 is 0 Å². The summed E-state index contributed by atoms with van der Waals surface area (Å²) in [5.74, 6) is 0.849. The van der Waals surface area contributed by atoms with Crippen LogP contribution in [0, 0.1) is 13.8 Å². The highest BCUT2D eigenvalue weighted by Gasteiger charge is 2.19. The van der Waals surface area contributed by atoms with Gasteiger partial charge in [0.2, 0.25) is 0 Å². The molecule has 4 heteroatoms. The molecule has 3 aromatic carbocycles. The predicted molar refractivity (Wildman–Crippen MR) is 113 cm³/mol. The number of aromatic nitrogens is 2. The summed E-state index contributed by atoms with van der Waals surface area (Å²) in [6.45, 7) is 4.40. The maximum atomic E-state index is 13.1. The van der Waals surface area contributed by atoms with Crippen LogP contribution in [0.15, 0.2) is 72.8 Å². The summed E-state index contributed by atoms with van der Waals surface area (Å²) in [4.78, 5) is 19.6. The number of rotatable bonds is 4. The number of hydrogen-bond acceptors (Lipinski definition) is 2. The summed E-state index contributed by atoms with van der Waals surface area (Å²) >= 11 is 0. The third-order valence-corrected chi connectivity index (χ3v) is 4.99. The first-order valence-corrected chi connectivity index (χ1v) is 9.39. The van der Waals surface area contributed by atoms with Gasteiger partial charge in [0.15, 0.2) is 0 Å². The molecule has 0 bridgehead atoms. The van der Waals surface area contributed by atoms with Crippen molar-refractivity contribution in [1.29, 1.82) is 0 Å². The first-order chi connectivity index (χ1) is 13.5. The summed E-state index contributed by atoms with van der Waals surface area (Å²) in [5, 5.41) is 0. The van der Waals surface area contributed by atoms with Crippen molar-refractivity contribution in [2.75, 3.05) is 7.05 Å². The summed E-state index contributed by atoms with van der Waals surface area (Å²) in [5.41, 5.74) is 5.81. The quantitative estimate of drug-likeness (QED) is 0.512. The molecule has 0 radical (unpaired) electrons. The molecule has 4 rings (SSSR count). The third-order valence-electron chi connectivity index (χ3n) is 4.99. The lowest BCUT2D eigenvalue weighted by Gasteiger charge is -2.19. The van der Waals surface area contributed by atoms with Gasteiger partial charge in [0.1, 0.15) is 5.82 Å². The average molecular weight is 369 g/mol. The van der Waals surface area contributed by atoms with Crippen LogP contribution in [0.5, 0.6) is 0 Å². The number of amides is 1. The number of aryl methyl sites for hydroxylation is 2. The highest BCUT2D eigenvalue weighted by atomic mass is 16.2. The van der Waals surface area contributed by atoms with E-state index in [1.54, 1.807) is 4.90 Å². The second-order valence-corrected chi connectivity index (χ2v) is 7.17. The minimum atomic E-state index is 0.00729. The Hall–Kier alpha value is -3.40. The Kier molecular flexibility index (Phi) is 4.70. The van der Waals surface area contributed by atoms with Crippen molar-refractivity contribution in [3.8, 4) is 5.69 Å². The number of benzene rings is 3. The molecule has 140 valence electrons. The molecule has 0 aliphatic rings. The van der Waals surface area contributed by atoms with Crippen LogP contribution in [0.25, 0.3) is 16.7 Å². The molecule has 1 amide bonds. The molecule has 0 fully saturated rings. The first-order valence-electron chi connectivity index (χ1n) is 9.39. The van der Waals surface area contributed by atoms with Crippen LogP contribution in [-0.2, 0) is 6.54 Å². The number of carbonyl (C=O) groups is 1. The van der Waals surface area contributed by atoms with Crippen LogP contribution in [0.1, 0.15) is 27.3 Å². The minimum Gasteiger partial charge on any atom is -0.334 e. The molecule has 0 aliphatic carbocycles. The van der Waals surface area contributed by atoms with Gasteiger partial charge in [0.25, 0.3) is 5.91 Å². The van der Waals surface area contributed by atoms with E-state index in [1.807, 2.05) is 75.5 Å². The smallest absolute Gasteiger partial charge is 0.254 e. The van der Waals surface area contributed by atoms with Crippen LogP contribution >= 0.6 is 0 Å². The van der Waals surface area contributed by atoms with E-state index in [1.165, 1.54) is 0 Å². The zero-order chi connectivity index (χ0) is 19.7. The van der Waals surface area contributed by atoms with Crippen LogP contribution in [-0.4, -0.2) is 27.4 Å². The van der Waals surface area contributed by atoms with E-state index in [0.29, 0.717) is 6.54 Å². The molecule has 0 saturated heterocycles.